The van der Waals surface area contributed by atoms with Gasteiger partial charge in [-0.1, -0.05) is 49.9 Å². The molecule has 0 spiro atoms. The van der Waals surface area contributed by atoms with Gasteiger partial charge >= 0.3 is 0 Å². The van der Waals surface area contributed by atoms with E-state index in [0.29, 0.717) is 16.1 Å². The summed E-state index contributed by atoms with van der Waals surface area (Å²) in [5, 5.41) is 1.14. The van der Waals surface area contributed by atoms with Gasteiger partial charge in [0.2, 0.25) is 0 Å². The van der Waals surface area contributed by atoms with E-state index in [1.807, 2.05) is 12.1 Å². The Labute approximate surface area is 134 Å². The smallest absolute Gasteiger partial charge is 0.178 e. The molecular formula is C15H18Cl2N2S. The molecule has 5 heteroatoms. The highest BCUT2D eigenvalue weighted by Gasteiger charge is 2.34. The standard InChI is InChI=1S/C15H18Cl2N2S/c1-15(2)6-4-3-5-13(15)19-12-8-10(17)9(16)7-11(12)18-14(19)20/h7-8,13H,3-6H2,1-2H3,(H,18,20). The molecule has 1 aromatic heterocycles. The zero-order chi connectivity index (χ0) is 14.5. The number of nitrogens with zero attached hydrogens (tertiary/aromatic N) is 1. The summed E-state index contributed by atoms with van der Waals surface area (Å²) >= 11 is 17.8. The molecule has 0 aliphatic heterocycles. The predicted molar refractivity (Wildman–Crippen MR) is 88.4 cm³/mol. The van der Waals surface area contributed by atoms with Crippen LogP contribution in [0, 0.1) is 10.2 Å². The fourth-order valence-electron chi connectivity index (χ4n) is 3.38. The summed E-state index contributed by atoms with van der Waals surface area (Å²) in [5.74, 6) is 0. The van der Waals surface area contributed by atoms with E-state index in [1.54, 1.807) is 0 Å². The van der Waals surface area contributed by atoms with E-state index in [2.05, 4.69) is 23.4 Å². The summed E-state index contributed by atoms with van der Waals surface area (Å²) in [6, 6.07) is 4.20. The van der Waals surface area contributed by atoms with Crippen molar-refractivity contribution >= 4 is 46.5 Å². The monoisotopic (exact) mass is 328 g/mol. The zero-order valence-corrected chi connectivity index (χ0v) is 14.0. The first-order valence-electron chi connectivity index (χ1n) is 6.99. The van der Waals surface area contributed by atoms with Crippen molar-refractivity contribution in [2.24, 2.45) is 5.41 Å². The van der Waals surface area contributed by atoms with Crippen LogP contribution in [0.1, 0.15) is 45.6 Å². The van der Waals surface area contributed by atoms with Crippen molar-refractivity contribution in [3.05, 3.63) is 26.9 Å². The Morgan fingerprint density at radius 1 is 1.25 bits per heavy atom. The summed E-state index contributed by atoms with van der Waals surface area (Å²) in [5.41, 5.74) is 2.27. The number of rotatable bonds is 1. The molecular weight excluding hydrogens is 311 g/mol. The Kier molecular flexibility index (Phi) is 3.64. The molecule has 0 saturated heterocycles. The Hall–Kier alpha value is -0.510. The van der Waals surface area contributed by atoms with Crippen LogP contribution in [-0.4, -0.2) is 9.55 Å². The van der Waals surface area contributed by atoms with Crippen molar-refractivity contribution in [3.8, 4) is 0 Å². The molecule has 0 amide bonds. The first-order chi connectivity index (χ1) is 9.40. The van der Waals surface area contributed by atoms with Crippen LogP contribution >= 0.6 is 35.4 Å². The molecule has 1 N–H and O–H groups in total. The summed E-state index contributed by atoms with van der Waals surface area (Å²) in [4.78, 5) is 3.26. The lowest BCUT2D eigenvalue weighted by molar-refractivity contribution is 0.146. The minimum atomic E-state index is 0.248. The zero-order valence-electron chi connectivity index (χ0n) is 11.7. The van der Waals surface area contributed by atoms with Crippen LogP contribution < -0.4 is 0 Å². The van der Waals surface area contributed by atoms with E-state index in [4.69, 9.17) is 35.4 Å². The first-order valence-corrected chi connectivity index (χ1v) is 8.16. The minimum absolute atomic E-state index is 0.248. The summed E-state index contributed by atoms with van der Waals surface area (Å²) in [6.07, 6.45) is 4.94. The van der Waals surface area contributed by atoms with Crippen LogP contribution in [0.3, 0.4) is 0 Å². The molecule has 1 unspecified atom stereocenters. The number of aromatic amines is 1. The van der Waals surface area contributed by atoms with Gasteiger partial charge in [0, 0.05) is 6.04 Å². The number of benzene rings is 1. The molecule has 2 nitrogen and oxygen atoms in total. The fraction of sp³-hybridized carbons (Fsp3) is 0.533. The van der Waals surface area contributed by atoms with Gasteiger partial charge in [0.25, 0.3) is 0 Å². The molecule has 1 aliphatic rings. The third-order valence-electron chi connectivity index (χ3n) is 4.52. The summed E-state index contributed by atoms with van der Waals surface area (Å²) < 4.78 is 3.00. The lowest BCUT2D eigenvalue weighted by Gasteiger charge is -2.39. The second kappa shape index (κ2) is 5.04. The Bertz CT molecular complexity index is 714. The van der Waals surface area contributed by atoms with E-state index < -0.39 is 0 Å². The Balaban J connectivity index is 2.23. The number of aromatic nitrogens is 2. The van der Waals surface area contributed by atoms with Crippen LogP contribution in [-0.2, 0) is 0 Å². The maximum Gasteiger partial charge on any atom is 0.178 e. The molecule has 20 heavy (non-hydrogen) atoms. The van der Waals surface area contributed by atoms with E-state index in [9.17, 15) is 0 Å². The average Bonchev–Trinajstić information content (AvgIpc) is 2.65. The number of hydrogen-bond acceptors (Lipinski definition) is 1. The van der Waals surface area contributed by atoms with Crippen LogP contribution in [0.2, 0.25) is 10.0 Å². The number of imidazole rings is 1. The van der Waals surface area contributed by atoms with Crippen molar-refractivity contribution < 1.29 is 0 Å². The second-order valence-corrected chi connectivity index (χ2v) is 7.53. The lowest BCUT2D eigenvalue weighted by atomic mass is 9.73. The average molecular weight is 329 g/mol. The molecule has 0 bridgehead atoms. The third kappa shape index (κ3) is 2.30. The number of H-pyrrole nitrogens is 1. The molecule has 108 valence electrons. The highest BCUT2D eigenvalue weighted by molar-refractivity contribution is 7.71. The van der Waals surface area contributed by atoms with E-state index in [0.717, 1.165) is 22.2 Å². The fourth-order valence-corrected chi connectivity index (χ4v) is 4.04. The maximum absolute atomic E-state index is 6.19. The van der Waals surface area contributed by atoms with Crippen molar-refractivity contribution in [1.82, 2.24) is 9.55 Å². The summed E-state index contributed by atoms with van der Waals surface area (Å²) in [6.45, 7) is 4.66. The SMILES string of the molecule is CC1(C)CCCCC1n1c(=S)[nH]c2cc(Cl)c(Cl)cc21. The largest absolute Gasteiger partial charge is 0.331 e. The van der Waals surface area contributed by atoms with Gasteiger partial charge in [-0.3, -0.25) is 0 Å². The van der Waals surface area contributed by atoms with Crippen LogP contribution in [0.4, 0.5) is 0 Å². The van der Waals surface area contributed by atoms with Gasteiger partial charge in [-0.25, -0.2) is 0 Å². The molecule has 1 atom stereocenters. The molecule has 1 aromatic carbocycles. The molecule has 1 saturated carbocycles. The number of hydrogen-bond donors (Lipinski definition) is 1. The Morgan fingerprint density at radius 2 is 1.95 bits per heavy atom. The van der Waals surface area contributed by atoms with Gasteiger partial charge in [0.15, 0.2) is 4.77 Å². The Morgan fingerprint density at radius 3 is 2.65 bits per heavy atom. The molecule has 1 heterocycles. The van der Waals surface area contributed by atoms with Gasteiger partial charge in [-0.2, -0.15) is 0 Å². The van der Waals surface area contributed by atoms with Gasteiger partial charge in [0.1, 0.15) is 0 Å². The number of halogens is 2. The maximum atomic E-state index is 6.19. The third-order valence-corrected chi connectivity index (χ3v) is 5.54. The minimum Gasteiger partial charge on any atom is -0.331 e. The molecule has 1 fully saturated rings. The van der Waals surface area contributed by atoms with Crippen molar-refractivity contribution in [2.75, 3.05) is 0 Å². The summed E-state index contributed by atoms with van der Waals surface area (Å²) in [7, 11) is 0. The van der Waals surface area contributed by atoms with Crippen molar-refractivity contribution in [3.63, 3.8) is 0 Å². The normalized spacial score (nSPS) is 22.3. The highest BCUT2D eigenvalue weighted by atomic mass is 35.5. The van der Waals surface area contributed by atoms with Crippen LogP contribution in [0.5, 0.6) is 0 Å². The number of fused-ring (bicyclic) bond motifs is 1. The van der Waals surface area contributed by atoms with Crippen LogP contribution in [0.25, 0.3) is 11.0 Å². The lowest BCUT2D eigenvalue weighted by Crippen LogP contribution is -2.30. The molecule has 3 rings (SSSR count). The topological polar surface area (TPSA) is 20.7 Å². The van der Waals surface area contributed by atoms with Gasteiger partial charge in [-0.05, 0) is 42.6 Å². The second-order valence-electron chi connectivity index (χ2n) is 6.33. The highest BCUT2D eigenvalue weighted by Crippen LogP contribution is 2.45. The first kappa shape index (κ1) is 14.4. The van der Waals surface area contributed by atoms with E-state index in [-0.39, 0.29) is 5.41 Å². The van der Waals surface area contributed by atoms with Gasteiger partial charge in [0.05, 0.1) is 21.1 Å². The molecule has 1 aliphatic carbocycles. The predicted octanol–water partition coefficient (Wildman–Crippen LogP) is 6.15. The van der Waals surface area contributed by atoms with Gasteiger partial charge in [-0.15, -0.1) is 0 Å². The van der Waals surface area contributed by atoms with Crippen molar-refractivity contribution in [1.29, 1.82) is 0 Å². The number of nitrogens with one attached hydrogen (secondary N) is 1. The molecule has 0 radical (unpaired) electrons. The van der Waals surface area contributed by atoms with Crippen molar-refractivity contribution in [2.45, 2.75) is 45.6 Å². The van der Waals surface area contributed by atoms with Gasteiger partial charge < -0.3 is 9.55 Å². The van der Waals surface area contributed by atoms with Crippen LogP contribution in [0.15, 0.2) is 12.1 Å². The van der Waals surface area contributed by atoms with E-state index in [1.165, 1.54) is 19.3 Å². The molecule has 2 aromatic rings. The van der Waals surface area contributed by atoms with E-state index >= 15 is 0 Å². The quantitative estimate of drug-likeness (QED) is 0.623.